The minimum Gasteiger partial charge on any atom is -0.471 e. The largest absolute Gasteiger partial charge is 0.471 e. The van der Waals surface area contributed by atoms with E-state index in [0.717, 1.165) is 5.39 Å². The Morgan fingerprint density at radius 3 is 2.12 bits per heavy atom. The standard InChI is InChI=1S/C15H21NO/c1-14(2,3)12-11-9-17-8-10(11)7-16-13(12)15(4,5)6/h7-9H,1-6H3. The highest BCUT2D eigenvalue weighted by molar-refractivity contribution is 5.85. The lowest BCUT2D eigenvalue weighted by molar-refractivity contribution is 0.518. The number of hydrogen-bond donors (Lipinski definition) is 0. The summed E-state index contributed by atoms with van der Waals surface area (Å²) in [5, 5.41) is 2.28. The average Bonchev–Trinajstić information content (AvgIpc) is 2.59. The average molecular weight is 231 g/mol. The molecule has 2 heterocycles. The summed E-state index contributed by atoms with van der Waals surface area (Å²) in [6, 6.07) is 0. The molecule has 2 heteroatoms. The summed E-state index contributed by atoms with van der Waals surface area (Å²) in [7, 11) is 0. The first-order chi connectivity index (χ1) is 7.71. The molecule has 0 saturated heterocycles. The SMILES string of the molecule is CC(C)(C)c1ncc2cocc2c1C(C)(C)C. The number of aromatic nitrogens is 1. The van der Waals surface area contributed by atoms with Gasteiger partial charge in [-0.3, -0.25) is 4.98 Å². The molecule has 0 amide bonds. The lowest BCUT2D eigenvalue weighted by atomic mass is 9.77. The molecule has 0 spiro atoms. The van der Waals surface area contributed by atoms with Crippen molar-refractivity contribution in [3.8, 4) is 0 Å². The zero-order valence-corrected chi connectivity index (χ0v) is 11.6. The van der Waals surface area contributed by atoms with Gasteiger partial charge >= 0.3 is 0 Å². The molecule has 0 atom stereocenters. The molecule has 0 radical (unpaired) electrons. The van der Waals surface area contributed by atoms with Crippen LogP contribution in [-0.2, 0) is 10.8 Å². The van der Waals surface area contributed by atoms with Crippen LogP contribution in [-0.4, -0.2) is 4.98 Å². The summed E-state index contributed by atoms with van der Waals surface area (Å²) in [4.78, 5) is 4.66. The number of pyridine rings is 1. The first-order valence-electron chi connectivity index (χ1n) is 6.07. The molecule has 0 fully saturated rings. The van der Waals surface area contributed by atoms with Crippen molar-refractivity contribution in [2.24, 2.45) is 0 Å². The van der Waals surface area contributed by atoms with Crippen LogP contribution in [0, 0.1) is 0 Å². The predicted octanol–water partition coefficient (Wildman–Crippen LogP) is 4.42. The summed E-state index contributed by atoms with van der Waals surface area (Å²) in [6.45, 7) is 13.3. The fraction of sp³-hybridized carbons (Fsp3) is 0.533. The van der Waals surface area contributed by atoms with Gasteiger partial charge in [0.25, 0.3) is 0 Å². The number of hydrogen-bond acceptors (Lipinski definition) is 2. The maximum atomic E-state index is 5.33. The van der Waals surface area contributed by atoms with Crippen LogP contribution in [0.3, 0.4) is 0 Å². The molecule has 2 aromatic rings. The molecule has 0 aliphatic heterocycles. The van der Waals surface area contributed by atoms with E-state index in [4.69, 9.17) is 4.42 Å². The van der Waals surface area contributed by atoms with Gasteiger partial charge in [-0.25, -0.2) is 0 Å². The number of nitrogens with zero attached hydrogens (tertiary/aromatic N) is 1. The molecule has 2 nitrogen and oxygen atoms in total. The second-order valence-electron chi connectivity index (χ2n) is 6.72. The second-order valence-corrected chi connectivity index (χ2v) is 6.72. The van der Waals surface area contributed by atoms with Gasteiger partial charge in [0.2, 0.25) is 0 Å². The van der Waals surface area contributed by atoms with E-state index < -0.39 is 0 Å². The summed E-state index contributed by atoms with van der Waals surface area (Å²) >= 11 is 0. The Balaban J connectivity index is 2.85. The quantitative estimate of drug-likeness (QED) is 0.670. The Labute approximate surface area is 103 Å². The Bertz CT molecular complexity index is 538. The summed E-state index contributed by atoms with van der Waals surface area (Å²) in [5.74, 6) is 0. The fourth-order valence-electron chi connectivity index (χ4n) is 2.26. The Morgan fingerprint density at radius 2 is 1.59 bits per heavy atom. The third-order valence-electron chi connectivity index (χ3n) is 2.99. The monoisotopic (exact) mass is 231 g/mol. The molecule has 0 aliphatic rings. The van der Waals surface area contributed by atoms with Crippen molar-refractivity contribution in [3.63, 3.8) is 0 Å². The van der Waals surface area contributed by atoms with Gasteiger partial charge in [0.15, 0.2) is 0 Å². The lowest BCUT2D eigenvalue weighted by Gasteiger charge is -2.29. The highest BCUT2D eigenvalue weighted by Gasteiger charge is 2.28. The number of rotatable bonds is 0. The molecule has 0 aromatic carbocycles. The topological polar surface area (TPSA) is 26.0 Å². The zero-order chi connectivity index (χ0) is 12.8. The van der Waals surface area contributed by atoms with E-state index in [9.17, 15) is 0 Å². The molecule has 0 N–H and O–H groups in total. The molecular formula is C15H21NO. The normalized spacial score (nSPS) is 13.3. The molecule has 17 heavy (non-hydrogen) atoms. The van der Waals surface area contributed by atoms with Crippen LogP contribution in [0.5, 0.6) is 0 Å². The second kappa shape index (κ2) is 3.59. The van der Waals surface area contributed by atoms with Crippen molar-refractivity contribution in [3.05, 3.63) is 30.0 Å². The smallest absolute Gasteiger partial charge is 0.0996 e. The van der Waals surface area contributed by atoms with Crippen LogP contribution < -0.4 is 0 Å². The van der Waals surface area contributed by atoms with E-state index in [2.05, 4.69) is 46.5 Å². The van der Waals surface area contributed by atoms with E-state index in [0.29, 0.717) is 0 Å². The number of furan rings is 1. The molecule has 2 aromatic heterocycles. The van der Waals surface area contributed by atoms with Crippen molar-refractivity contribution >= 4 is 10.8 Å². The molecule has 0 saturated carbocycles. The molecular weight excluding hydrogens is 210 g/mol. The fourth-order valence-corrected chi connectivity index (χ4v) is 2.26. The van der Waals surface area contributed by atoms with Gasteiger partial charge in [0, 0.05) is 22.4 Å². The minimum absolute atomic E-state index is 0.0497. The van der Waals surface area contributed by atoms with Crippen molar-refractivity contribution in [2.45, 2.75) is 52.4 Å². The van der Waals surface area contributed by atoms with E-state index in [1.165, 1.54) is 16.6 Å². The molecule has 0 unspecified atom stereocenters. The minimum atomic E-state index is 0.0497. The van der Waals surface area contributed by atoms with Crippen LogP contribution in [0.4, 0.5) is 0 Å². The maximum absolute atomic E-state index is 5.33. The first kappa shape index (κ1) is 12.2. The van der Waals surface area contributed by atoms with Gasteiger partial charge in [-0.05, 0) is 11.0 Å². The van der Waals surface area contributed by atoms with E-state index in [1.807, 2.05) is 12.5 Å². The van der Waals surface area contributed by atoms with E-state index >= 15 is 0 Å². The first-order valence-corrected chi connectivity index (χ1v) is 6.07. The molecule has 0 bridgehead atoms. The summed E-state index contributed by atoms with van der Waals surface area (Å²) in [6.07, 6.45) is 5.52. The lowest BCUT2D eigenvalue weighted by Crippen LogP contribution is -2.23. The number of fused-ring (bicyclic) bond motifs is 1. The highest BCUT2D eigenvalue weighted by Crippen LogP contribution is 2.37. The van der Waals surface area contributed by atoms with Crippen molar-refractivity contribution < 1.29 is 4.42 Å². The van der Waals surface area contributed by atoms with Crippen LogP contribution in [0.2, 0.25) is 0 Å². The van der Waals surface area contributed by atoms with Crippen LogP contribution >= 0.6 is 0 Å². The highest BCUT2D eigenvalue weighted by atomic mass is 16.3. The summed E-state index contributed by atoms with van der Waals surface area (Å²) in [5.41, 5.74) is 2.59. The van der Waals surface area contributed by atoms with Crippen LogP contribution in [0.15, 0.2) is 23.1 Å². The van der Waals surface area contributed by atoms with Gasteiger partial charge < -0.3 is 4.42 Å². The van der Waals surface area contributed by atoms with E-state index in [1.54, 1.807) is 6.26 Å². The van der Waals surface area contributed by atoms with Crippen LogP contribution in [0.25, 0.3) is 10.8 Å². The van der Waals surface area contributed by atoms with Gasteiger partial charge in [-0.1, -0.05) is 41.5 Å². The summed E-state index contributed by atoms with van der Waals surface area (Å²) < 4.78 is 5.33. The van der Waals surface area contributed by atoms with Crippen molar-refractivity contribution in [1.82, 2.24) is 4.98 Å². The van der Waals surface area contributed by atoms with Crippen LogP contribution in [0.1, 0.15) is 52.8 Å². The predicted molar refractivity (Wildman–Crippen MR) is 71.4 cm³/mol. The van der Waals surface area contributed by atoms with Crippen molar-refractivity contribution in [2.75, 3.05) is 0 Å². The van der Waals surface area contributed by atoms with Crippen molar-refractivity contribution in [1.29, 1.82) is 0 Å². The van der Waals surface area contributed by atoms with Gasteiger partial charge in [-0.2, -0.15) is 0 Å². The van der Waals surface area contributed by atoms with Gasteiger partial charge in [-0.15, -0.1) is 0 Å². The molecule has 2 rings (SSSR count). The maximum Gasteiger partial charge on any atom is 0.0996 e. The van der Waals surface area contributed by atoms with Gasteiger partial charge in [0.1, 0.15) is 0 Å². The molecule has 0 aliphatic carbocycles. The third-order valence-corrected chi connectivity index (χ3v) is 2.99. The molecule has 92 valence electrons. The Kier molecular flexibility index (Phi) is 2.57. The Hall–Kier alpha value is -1.31. The zero-order valence-electron chi connectivity index (χ0n) is 11.6. The Morgan fingerprint density at radius 1 is 0.941 bits per heavy atom. The van der Waals surface area contributed by atoms with E-state index in [-0.39, 0.29) is 10.8 Å². The van der Waals surface area contributed by atoms with Gasteiger partial charge in [0.05, 0.1) is 18.2 Å². The third kappa shape index (κ3) is 2.08.